The molecular formula is C13H22N4O. The molecule has 0 radical (unpaired) electrons. The molecule has 0 bridgehead atoms. The van der Waals surface area contributed by atoms with Gasteiger partial charge in [0, 0.05) is 25.2 Å². The highest BCUT2D eigenvalue weighted by atomic mass is 16.5. The highest BCUT2D eigenvalue weighted by molar-refractivity contribution is 4.93. The van der Waals surface area contributed by atoms with Crippen molar-refractivity contribution in [2.45, 2.75) is 51.7 Å². The van der Waals surface area contributed by atoms with Gasteiger partial charge in [-0.3, -0.25) is 9.80 Å². The SMILES string of the molecule is CCC1CN2CCCC2CN1Cc1nc(C)no1. The maximum Gasteiger partial charge on any atom is 0.240 e. The lowest BCUT2D eigenvalue weighted by Crippen LogP contribution is -2.55. The second kappa shape index (κ2) is 4.97. The molecule has 2 aliphatic rings. The fraction of sp³-hybridized carbons (Fsp3) is 0.846. The molecule has 2 aliphatic heterocycles. The highest BCUT2D eigenvalue weighted by Gasteiger charge is 2.35. The molecule has 0 saturated carbocycles. The monoisotopic (exact) mass is 250 g/mol. The van der Waals surface area contributed by atoms with Crippen LogP contribution in [0.2, 0.25) is 0 Å². The van der Waals surface area contributed by atoms with Crippen LogP contribution in [0, 0.1) is 6.92 Å². The predicted octanol–water partition coefficient (Wildman–Crippen LogP) is 1.44. The summed E-state index contributed by atoms with van der Waals surface area (Å²) in [5.41, 5.74) is 0. The van der Waals surface area contributed by atoms with Gasteiger partial charge in [0.05, 0.1) is 6.54 Å². The van der Waals surface area contributed by atoms with Crippen molar-refractivity contribution in [2.24, 2.45) is 0 Å². The molecule has 2 unspecified atom stereocenters. The first-order valence-corrected chi connectivity index (χ1v) is 7.03. The van der Waals surface area contributed by atoms with Crippen LogP contribution >= 0.6 is 0 Å². The lowest BCUT2D eigenvalue weighted by atomic mass is 10.1. The number of rotatable bonds is 3. The standard InChI is InChI=1S/C13H22N4O/c1-3-11-7-16-6-4-5-12(16)8-17(11)9-13-14-10(2)15-18-13/h11-12H,3-9H2,1-2H3. The molecule has 1 aromatic rings. The number of hydrogen-bond donors (Lipinski definition) is 0. The van der Waals surface area contributed by atoms with Crippen molar-refractivity contribution in [2.75, 3.05) is 19.6 Å². The van der Waals surface area contributed by atoms with E-state index in [0.717, 1.165) is 30.8 Å². The third-order valence-corrected chi connectivity index (χ3v) is 4.29. The van der Waals surface area contributed by atoms with Crippen molar-refractivity contribution in [3.05, 3.63) is 11.7 Å². The largest absolute Gasteiger partial charge is 0.338 e. The number of fused-ring (bicyclic) bond motifs is 1. The predicted molar refractivity (Wildman–Crippen MR) is 68.1 cm³/mol. The summed E-state index contributed by atoms with van der Waals surface area (Å²) in [6, 6.07) is 1.38. The zero-order valence-corrected chi connectivity index (χ0v) is 11.3. The van der Waals surface area contributed by atoms with Crippen LogP contribution in [0.3, 0.4) is 0 Å². The topological polar surface area (TPSA) is 45.4 Å². The van der Waals surface area contributed by atoms with Crippen LogP contribution in [-0.2, 0) is 6.54 Å². The van der Waals surface area contributed by atoms with E-state index in [2.05, 4.69) is 26.9 Å². The van der Waals surface area contributed by atoms with E-state index in [1.807, 2.05) is 6.92 Å². The Morgan fingerprint density at radius 2 is 2.28 bits per heavy atom. The second-order valence-corrected chi connectivity index (χ2v) is 5.52. The Morgan fingerprint density at radius 3 is 3.00 bits per heavy atom. The number of nitrogens with zero attached hydrogens (tertiary/aromatic N) is 4. The Kier molecular flexibility index (Phi) is 3.35. The second-order valence-electron chi connectivity index (χ2n) is 5.52. The number of aryl methyl sites for hydroxylation is 1. The summed E-state index contributed by atoms with van der Waals surface area (Å²) < 4.78 is 5.25. The molecule has 2 saturated heterocycles. The zero-order chi connectivity index (χ0) is 12.5. The minimum atomic E-state index is 0.631. The smallest absolute Gasteiger partial charge is 0.240 e. The zero-order valence-electron chi connectivity index (χ0n) is 11.3. The van der Waals surface area contributed by atoms with Crippen LogP contribution in [-0.4, -0.2) is 51.7 Å². The summed E-state index contributed by atoms with van der Waals surface area (Å²) in [5, 5.41) is 3.88. The van der Waals surface area contributed by atoms with Crippen LogP contribution in [0.25, 0.3) is 0 Å². The molecule has 100 valence electrons. The van der Waals surface area contributed by atoms with Crippen molar-refractivity contribution in [3.8, 4) is 0 Å². The van der Waals surface area contributed by atoms with Gasteiger partial charge in [-0.1, -0.05) is 12.1 Å². The van der Waals surface area contributed by atoms with E-state index in [4.69, 9.17) is 4.52 Å². The number of hydrogen-bond acceptors (Lipinski definition) is 5. The lowest BCUT2D eigenvalue weighted by molar-refractivity contribution is 0.0368. The fourth-order valence-corrected chi connectivity index (χ4v) is 3.31. The maximum atomic E-state index is 5.25. The van der Waals surface area contributed by atoms with Crippen LogP contribution < -0.4 is 0 Å². The average Bonchev–Trinajstić information content (AvgIpc) is 2.97. The fourth-order valence-electron chi connectivity index (χ4n) is 3.31. The normalized spacial score (nSPS) is 29.7. The molecule has 1 aromatic heterocycles. The van der Waals surface area contributed by atoms with E-state index < -0.39 is 0 Å². The average molecular weight is 250 g/mol. The molecule has 0 aromatic carbocycles. The van der Waals surface area contributed by atoms with Gasteiger partial charge in [0.1, 0.15) is 0 Å². The molecule has 0 spiro atoms. The Morgan fingerprint density at radius 1 is 1.39 bits per heavy atom. The van der Waals surface area contributed by atoms with Crippen LogP contribution in [0.5, 0.6) is 0 Å². The molecule has 3 rings (SSSR count). The minimum absolute atomic E-state index is 0.631. The molecule has 18 heavy (non-hydrogen) atoms. The Hall–Kier alpha value is -0.940. The van der Waals surface area contributed by atoms with Crippen LogP contribution in [0.4, 0.5) is 0 Å². The summed E-state index contributed by atoms with van der Waals surface area (Å²) in [6.45, 7) is 8.60. The molecule has 0 amide bonds. The summed E-state index contributed by atoms with van der Waals surface area (Å²) in [4.78, 5) is 9.51. The van der Waals surface area contributed by atoms with E-state index in [1.54, 1.807) is 0 Å². The van der Waals surface area contributed by atoms with Crippen LogP contribution in [0.1, 0.15) is 37.9 Å². The Labute approximate surface area is 108 Å². The van der Waals surface area contributed by atoms with Gasteiger partial charge >= 0.3 is 0 Å². The summed E-state index contributed by atoms with van der Waals surface area (Å²) in [5.74, 6) is 1.50. The molecule has 0 N–H and O–H groups in total. The van der Waals surface area contributed by atoms with Gasteiger partial charge < -0.3 is 4.52 Å². The van der Waals surface area contributed by atoms with Gasteiger partial charge in [0.15, 0.2) is 5.82 Å². The molecule has 2 atom stereocenters. The van der Waals surface area contributed by atoms with Gasteiger partial charge in [-0.2, -0.15) is 4.98 Å². The molecule has 5 nitrogen and oxygen atoms in total. The molecule has 0 aliphatic carbocycles. The van der Waals surface area contributed by atoms with Gasteiger partial charge in [-0.25, -0.2) is 0 Å². The molecule has 3 heterocycles. The van der Waals surface area contributed by atoms with Crippen LogP contribution in [0.15, 0.2) is 4.52 Å². The first kappa shape index (κ1) is 12.1. The molecule has 5 heteroatoms. The third-order valence-electron chi connectivity index (χ3n) is 4.29. The third kappa shape index (κ3) is 2.29. The van der Waals surface area contributed by atoms with Gasteiger partial charge in [-0.15, -0.1) is 0 Å². The van der Waals surface area contributed by atoms with Crippen molar-refractivity contribution in [1.29, 1.82) is 0 Å². The van der Waals surface area contributed by atoms with Gasteiger partial charge in [-0.05, 0) is 32.7 Å². The molecule has 2 fully saturated rings. The Balaban J connectivity index is 1.69. The number of aromatic nitrogens is 2. The summed E-state index contributed by atoms with van der Waals surface area (Å²) >= 11 is 0. The van der Waals surface area contributed by atoms with Crippen molar-refractivity contribution < 1.29 is 4.52 Å². The van der Waals surface area contributed by atoms with Crippen molar-refractivity contribution >= 4 is 0 Å². The van der Waals surface area contributed by atoms with E-state index in [9.17, 15) is 0 Å². The maximum absolute atomic E-state index is 5.25. The lowest BCUT2D eigenvalue weighted by Gasteiger charge is -2.42. The summed E-state index contributed by atoms with van der Waals surface area (Å²) in [6.07, 6.45) is 3.89. The number of piperazine rings is 1. The first-order valence-electron chi connectivity index (χ1n) is 7.03. The quantitative estimate of drug-likeness (QED) is 0.812. The molecular weight excluding hydrogens is 228 g/mol. The Bertz CT molecular complexity index is 405. The van der Waals surface area contributed by atoms with Crippen molar-refractivity contribution in [1.82, 2.24) is 19.9 Å². The van der Waals surface area contributed by atoms with Gasteiger partial charge in [0.25, 0.3) is 0 Å². The van der Waals surface area contributed by atoms with Crippen molar-refractivity contribution in [3.63, 3.8) is 0 Å². The minimum Gasteiger partial charge on any atom is -0.338 e. The van der Waals surface area contributed by atoms with Gasteiger partial charge in [0.2, 0.25) is 5.89 Å². The van der Waals surface area contributed by atoms with E-state index in [-0.39, 0.29) is 0 Å². The van der Waals surface area contributed by atoms with E-state index in [0.29, 0.717) is 6.04 Å². The highest BCUT2D eigenvalue weighted by Crippen LogP contribution is 2.26. The summed E-state index contributed by atoms with van der Waals surface area (Å²) in [7, 11) is 0. The van der Waals surface area contributed by atoms with E-state index in [1.165, 1.54) is 32.4 Å². The first-order chi connectivity index (χ1) is 8.76. The van der Waals surface area contributed by atoms with E-state index >= 15 is 0 Å².